The Morgan fingerprint density at radius 3 is 2.79 bits per heavy atom. The summed E-state index contributed by atoms with van der Waals surface area (Å²) < 4.78 is 3.38. The summed E-state index contributed by atoms with van der Waals surface area (Å²) in [4.78, 5) is 20.1. The normalized spacial score (nSPS) is 14.3. The van der Waals surface area contributed by atoms with E-state index in [1.54, 1.807) is 16.2 Å². The van der Waals surface area contributed by atoms with Crippen molar-refractivity contribution in [1.82, 2.24) is 29.2 Å². The van der Waals surface area contributed by atoms with E-state index in [1.807, 2.05) is 30.5 Å². The van der Waals surface area contributed by atoms with Crippen molar-refractivity contribution in [3.63, 3.8) is 0 Å². The zero-order chi connectivity index (χ0) is 24.0. The number of nitriles is 1. The molecule has 0 spiro atoms. The molecule has 1 aliphatic rings. The lowest BCUT2D eigenvalue weighted by Gasteiger charge is -2.26. The van der Waals surface area contributed by atoms with Crippen LogP contribution in [0, 0.1) is 16.7 Å². The first-order valence-corrected chi connectivity index (χ1v) is 11.6. The van der Waals surface area contributed by atoms with Gasteiger partial charge in [0.25, 0.3) is 0 Å². The van der Waals surface area contributed by atoms with Crippen LogP contribution in [0.25, 0.3) is 22.4 Å². The SMILES string of the molecule is Cn1c(=O)n(CC(C)(C)C)c2ccc(-c3cc(CN4CCc5[nH]ncc5C4)ccc3C#N)nc21. The number of rotatable bonds is 4. The van der Waals surface area contributed by atoms with E-state index >= 15 is 0 Å². The molecular weight excluding hydrogens is 426 g/mol. The Kier molecular flexibility index (Phi) is 5.37. The highest BCUT2D eigenvalue weighted by Crippen LogP contribution is 2.27. The van der Waals surface area contributed by atoms with Crippen LogP contribution in [-0.4, -0.2) is 35.8 Å². The molecule has 4 heterocycles. The van der Waals surface area contributed by atoms with Crippen molar-refractivity contribution < 1.29 is 0 Å². The summed E-state index contributed by atoms with van der Waals surface area (Å²) in [5.41, 5.74) is 6.98. The predicted octanol–water partition coefficient (Wildman–Crippen LogP) is 3.60. The Bertz CT molecular complexity index is 1480. The van der Waals surface area contributed by atoms with Crippen LogP contribution >= 0.6 is 0 Å². The molecule has 0 atom stereocenters. The summed E-state index contributed by atoms with van der Waals surface area (Å²) in [6, 6.07) is 12.1. The molecule has 0 unspecified atom stereocenters. The van der Waals surface area contributed by atoms with Gasteiger partial charge in [-0.3, -0.25) is 19.1 Å². The van der Waals surface area contributed by atoms with E-state index in [4.69, 9.17) is 4.98 Å². The van der Waals surface area contributed by atoms with Crippen molar-refractivity contribution >= 4 is 11.2 Å². The highest BCUT2D eigenvalue weighted by molar-refractivity contribution is 5.78. The van der Waals surface area contributed by atoms with Gasteiger partial charge in [0.05, 0.1) is 29.0 Å². The summed E-state index contributed by atoms with van der Waals surface area (Å²) >= 11 is 0. The summed E-state index contributed by atoms with van der Waals surface area (Å²) in [5.74, 6) is 0. The minimum atomic E-state index is -0.0763. The average molecular weight is 456 g/mol. The lowest BCUT2D eigenvalue weighted by atomic mass is 9.97. The van der Waals surface area contributed by atoms with Gasteiger partial charge in [-0.15, -0.1) is 0 Å². The molecule has 34 heavy (non-hydrogen) atoms. The fourth-order valence-electron chi connectivity index (χ4n) is 4.72. The summed E-state index contributed by atoms with van der Waals surface area (Å²) in [5, 5.41) is 17.0. The van der Waals surface area contributed by atoms with Gasteiger partial charge >= 0.3 is 5.69 Å². The molecule has 0 saturated carbocycles. The molecule has 0 fully saturated rings. The second kappa shape index (κ2) is 8.26. The number of aromatic amines is 1. The van der Waals surface area contributed by atoms with E-state index < -0.39 is 0 Å². The highest BCUT2D eigenvalue weighted by Gasteiger charge is 2.21. The van der Waals surface area contributed by atoms with Crippen LogP contribution in [0.1, 0.15) is 43.2 Å². The molecule has 0 bridgehead atoms. The molecule has 1 aromatic carbocycles. The molecule has 5 rings (SSSR count). The second-order valence-corrected chi connectivity index (χ2v) is 10.4. The van der Waals surface area contributed by atoms with Crippen LogP contribution in [0.5, 0.6) is 0 Å². The van der Waals surface area contributed by atoms with Crippen molar-refractivity contribution in [3.05, 3.63) is 69.4 Å². The third-order valence-corrected chi connectivity index (χ3v) is 6.38. The lowest BCUT2D eigenvalue weighted by Crippen LogP contribution is -2.29. The van der Waals surface area contributed by atoms with Gasteiger partial charge in [-0.1, -0.05) is 26.8 Å². The topological polar surface area (TPSA) is 95.5 Å². The van der Waals surface area contributed by atoms with Crippen LogP contribution in [0.15, 0.2) is 41.3 Å². The van der Waals surface area contributed by atoms with Crippen LogP contribution in [0.2, 0.25) is 0 Å². The minimum absolute atomic E-state index is 0.0369. The summed E-state index contributed by atoms with van der Waals surface area (Å²) in [6.45, 7) is 9.54. The van der Waals surface area contributed by atoms with Crippen LogP contribution < -0.4 is 5.69 Å². The summed E-state index contributed by atoms with van der Waals surface area (Å²) in [6.07, 6.45) is 2.86. The number of imidazole rings is 1. The van der Waals surface area contributed by atoms with Crippen molar-refractivity contribution in [3.8, 4) is 17.3 Å². The first-order valence-electron chi connectivity index (χ1n) is 11.6. The van der Waals surface area contributed by atoms with Gasteiger partial charge in [-0.05, 0) is 35.2 Å². The van der Waals surface area contributed by atoms with Gasteiger partial charge in [0.2, 0.25) is 0 Å². The molecule has 0 saturated heterocycles. The quantitative estimate of drug-likeness (QED) is 0.507. The summed E-state index contributed by atoms with van der Waals surface area (Å²) in [7, 11) is 1.75. The molecule has 4 aromatic rings. The first kappa shape index (κ1) is 22.1. The fraction of sp³-hybridized carbons (Fsp3) is 0.385. The van der Waals surface area contributed by atoms with Crippen LogP contribution in [0.3, 0.4) is 0 Å². The number of fused-ring (bicyclic) bond motifs is 2. The number of H-pyrrole nitrogens is 1. The number of aromatic nitrogens is 5. The molecule has 0 radical (unpaired) electrons. The van der Waals surface area contributed by atoms with E-state index in [0.717, 1.165) is 42.7 Å². The second-order valence-electron chi connectivity index (χ2n) is 10.4. The fourth-order valence-corrected chi connectivity index (χ4v) is 4.72. The third-order valence-electron chi connectivity index (χ3n) is 6.38. The first-order chi connectivity index (χ1) is 16.2. The van der Waals surface area contributed by atoms with E-state index in [1.165, 1.54) is 11.3 Å². The Hall–Kier alpha value is -3.70. The van der Waals surface area contributed by atoms with E-state index in [2.05, 4.69) is 48.0 Å². The highest BCUT2D eigenvalue weighted by atomic mass is 16.1. The van der Waals surface area contributed by atoms with Gasteiger partial charge in [-0.2, -0.15) is 10.4 Å². The Morgan fingerprint density at radius 2 is 2.03 bits per heavy atom. The molecular formula is C26H29N7O. The maximum Gasteiger partial charge on any atom is 0.330 e. The van der Waals surface area contributed by atoms with Gasteiger partial charge < -0.3 is 0 Å². The minimum Gasteiger partial charge on any atom is -0.294 e. The number of hydrogen-bond donors (Lipinski definition) is 1. The van der Waals surface area contributed by atoms with Crippen LogP contribution in [-0.2, 0) is 33.1 Å². The van der Waals surface area contributed by atoms with Gasteiger partial charge in [0.1, 0.15) is 0 Å². The molecule has 1 aliphatic heterocycles. The van der Waals surface area contributed by atoms with E-state index in [0.29, 0.717) is 23.4 Å². The molecule has 3 aromatic heterocycles. The maximum absolute atomic E-state index is 12.9. The monoisotopic (exact) mass is 455 g/mol. The maximum atomic E-state index is 12.9. The predicted molar refractivity (Wildman–Crippen MR) is 131 cm³/mol. The number of nitrogens with zero attached hydrogens (tertiary/aromatic N) is 6. The largest absolute Gasteiger partial charge is 0.330 e. The zero-order valence-electron chi connectivity index (χ0n) is 20.1. The molecule has 1 N–H and O–H groups in total. The Morgan fingerprint density at radius 1 is 1.21 bits per heavy atom. The van der Waals surface area contributed by atoms with E-state index in [-0.39, 0.29) is 11.1 Å². The standard InChI is InChI=1S/C26H29N7O/c1-26(2,3)16-33-23-8-7-22(29-24(23)31(4)25(33)34)20-11-17(5-6-18(20)12-27)14-32-10-9-21-19(15-32)13-28-30-21/h5-8,11,13H,9-10,14-16H2,1-4H3,(H,28,30). The number of hydrogen-bond acceptors (Lipinski definition) is 5. The van der Waals surface area contributed by atoms with Gasteiger partial charge in [-0.25, -0.2) is 9.78 Å². The lowest BCUT2D eigenvalue weighted by molar-refractivity contribution is 0.245. The van der Waals surface area contributed by atoms with E-state index in [9.17, 15) is 10.1 Å². The number of nitrogens with one attached hydrogen (secondary N) is 1. The number of aryl methyl sites for hydroxylation is 1. The Balaban J connectivity index is 1.50. The molecule has 0 aliphatic carbocycles. The molecule has 174 valence electrons. The number of benzene rings is 1. The number of pyridine rings is 1. The smallest absolute Gasteiger partial charge is 0.294 e. The molecule has 8 heteroatoms. The van der Waals surface area contributed by atoms with Crippen molar-refractivity contribution in [2.75, 3.05) is 6.54 Å². The van der Waals surface area contributed by atoms with Crippen molar-refractivity contribution in [1.29, 1.82) is 5.26 Å². The van der Waals surface area contributed by atoms with Crippen molar-refractivity contribution in [2.24, 2.45) is 12.5 Å². The van der Waals surface area contributed by atoms with Gasteiger partial charge in [0, 0.05) is 56.5 Å². The molecule has 0 amide bonds. The van der Waals surface area contributed by atoms with Crippen LogP contribution in [0.4, 0.5) is 0 Å². The van der Waals surface area contributed by atoms with Crippen molar-refractivity contribution in [2.45, 2.75) is 46.8 Å². The van der Waals surface area contributed by atoms with Gasteiger partial charge in [0.15, 0.2) is 5.65 Å². The third kappa shape index (κ3) is 4.03. The Labute approximate surface area is 198 Å². The molecule has 8 nitrogen and oxygen atoms in total. The zero-order valence-corrected chi connectivity index (χ0v) is 20.1. The average Bonchev–Trinajstić information content (AvgIpc) is 3.36.